The minimum atomic E-state index is -0.813. The molecule has 0 unspecified atom stereocenters. The number of nitrogens with one attached hydrogen (secondary N) is 2. The van der Waals surface area contributed by atoms with E-state index in [-0.39, 0.29) is 29.7 Å². The normalized spacial score (nSPS) is 10.2. The second-order valence-electron chi connectivity index (χ2n) is 4.58. The van der Waals surface area contributed by atoms with E-state index < -0.39 is 11.9 Å². The summed E-state index contributed by atoms with van der Waals surface area (Å²) in [5.74, 6) is -1.07. The fourth-order valence-corrected chi connectivity index (χ4v) is 1.81. The maximum absolute atomic E-state index is 14.0. The number of hydrogen-bond acceptors (Lipinski definition) is 5. The van der Waals surface area contributed by atoms with Gasteiger partial charge in [-0.2, -0.15) is 0 Å². The van der Waals surface area contributed by atoms with Crippen LogP contribution in [-0.2, 0) is 11.3 Å². The second kappa shape index (κ2) is 7.39. The number of ether oxygens (including phenoxy) is 1. The molecule has 1 aromatic heterocycles. The Kier molecular flexibility index (Phi) is 5.29. The van der Waals surface area contributed by atoms with Gasteiger partial charge in [0.2, 0.25) is 0 Å². The van der Waals surface area contributed by atoms with Crippen LogP contribution in [0.1, 0.15) is 12.5 Å². The van der Waals surface area contributed by atoms with Crippen molar-refractivity contribution >= 4 is 23.4 Å². The Balaban J connectivity index is 2.06. The molecule has 2 aromatic rings. The van der Waals surface area contributed by atoms with Gasteiger partial charge in [0.1, 0.15) is 17.3 Å². The number of halogens is 2. The maximum atomic E-state index is 14.0. The standard InChI is InChI=1S/C15H16F2N4O2/c1-2-23-15(22)21-13-11(17)7-12(20-14(13)18)19-8-9-3-5-10(16)6-4-9/h3-7H,2,8H2,1H3,(H,21,22)(H3,18,19,20). The number of rotatable bonds is 5. The van der Waals surface area contributed by atoms with Gasteiger partial charge in [-0.25, -0.2) is 18.6 Å². The molecular weight excluding hydrogens is 306 g/mol. The van der Waals surface area contributed by atoms with Gasteiger partial charge in [0.25, 0.3) is 0 Å². The molecule has 1 heterocycles. The lowest BCUT2D eigenvalue weighted by atomic mass is 10.2. The number of carbonyl (C=O) groups excluding carboxylic acids is 1. The van der Waals surface area contributed by atoms with Crippen LogP contribution >= 0.6 is 0 Å². The quantitative estimate of drug-likeness (QED) is 0.787. The van der Waals surface area contributed by atoms with Crippen molar-refractivity contribution in [2.45, 2.75) is 13.5 Å². The number of benzene rings is 1. The summed E-state index contributed by atoms with van der Waals surface area (Å²) in [4.78, 5) is 15.3. The second-order valence-corrected chi connectivity index (χ2v) is 4.58. The molecule has 6 nitrogen and oxygen atoms in total. The van der Waals surface area contributed by atoms with Crippen LogP contribution in [0.3, 0.4) is 0 Å². The first-order valence-electron chi connectivity index (χ1n) is 6.87. The van der Waals surface area contributed by atoms with Crippen LogP contribution in [0.5, 0.6) is 0 Å². The van der Waals surface area contributed by atoms with Crippen molar-refractivity contribution in [2.24, 2.45) is 0 Å². The fourth-order valence-electron chi connectivity index (χ4n) is 1.81. The number of anilines is 3. The summed E-state index contributed by atoms with van der Waals surface area (Å²) in [5, 5.41) is 5.06. The molecule has 8 heteroatoms. The molecule has 0 saturated heterocycles. The van der Waals surface area contributed by atoms with Crippen LogP contribution in [0.15, 0.2) is 30.3 Å². The number of carbonyl (C=O) groups is 1. The van der Waals surface area contributed by atoms with E-state index in [0.29, 0.717) is 6.54 Å². The van der Waals surface area contributed by atoms with E-state index in [2.05, 4.69) is 20.4 Å². The molecule has 0 aliphatic carbocycles. The predicted octanol–water partition coefficient (Wildman–Crippen LogP) is 3.12. The van der Waals surface area contributed by atoms with E-state index in [4.69, 9.17) is 5.73 Å². The lowest BCUT2D eigenvalue weighted by molar-refractivity contribution is 0.168. The SMILES string of the molecule is CCOC(=O)Nc1c(F)cc(NCc2ccc(F)cc2)nc1N. The van der Waals surface area contributed by atoms with Gasteiger partial charge in [0.05, 0.1) is 6.61 Å². The summed E-state index contributed by atoms with van der Waals surface area (Å²) in [6.07, 6.45) is -0.813. The van der Waals surface area contributed by atoms with Gasteiger partial charge in [-0.15, -0.1) is 0 Å². The average molecular weight is 322 g/mol. The number of aromatic nitrogens is 1. The third-order valence-electron chi connectivity index (χ3n) is 2.89. The van der Waals surface area contributed by atoms with E-state index >= 15 is 0 Å². The van der Waals surface area contributed by atoms with Gasteiger partial charge in [-0.05, 0) is 24.6 Å². The molecule has 0 radical (unpaired) electrons. The Bertz CT molecular complexity index is 669. The Hall–Kier alpha value is -2.90. The Labute approximate surface area is 131 Å². The highest BCUT2D eigenvalue weighted by Crippen LogP contribution is 2.24. The summed E-state index contributed by atoms with van der Waals surface area (Å²) in [6, 6.07) is 6.94. The van der Waals surface area contributed by atoms with Gasteiger partial charge in [0, 0.05) is 12.6 Å². The van der Waals surface area contributed by atoms with Crippen molar-refractivity contribution in [1.82, 2.24) is 4.98 Å². The third kappa shape index (κ3) is 4.53. The summed E-state index contributed by atoms with van der Waals surface area (Å²) >= 11 is 0. The number of hydrogen-bond donors (Lipinski definition) is 3. The topological polar surface area (TPSA) is 89.3 Å². The zero-order valence-electron chi connectivity index (χ0n) is 12.4. The van der Waals surface area contributed by atoms with Gasteiger partial charge >= 0.3 is 6.09 Å². The van der Waals surface area contributed by atoms with Crippen LogP contribution in [0.4, 0.5) is 30.9 Å². The lowest BCUT2D eigenvalue weighted by Crippen LogP contribution is -2.16. The molecular formula is C15H16F2N4O2. The molecule has 122 valence electrons. The number of nitrogen functional groups attached to an aromatic ring is 1. The number of amides is 1. The first kappa shape index (κ1) is 16.5. The summed E-state index contributed by atoms with van der Waals surface area (Å²) < 4.78 is 31.5. The Morgan fingerprint density at radius 3 is 2.61 bits per heavy atom. The maximum Gasteiger partial charge on any atom is 0.411 e. The largest absolute Gasteiger partial charge is 0.450 e. The molecule has 1 aromatic carbocycles. The van der Waals surface area contributed by atoms with Crippen molar-refractivity contribution in [3.05, 3.63) is 47.5 Å². The van der Waals surface area contributed by atoms with Crippen molar-refractivity contribution < 1.29 is 18.3 Å². The third-order valence-corrected chi connectivity index (χ3v) is 2.89. The van der Waals surface area contributed by atoms with Gasteiger partial charge < -0.3 is 15.8 Å². The highest BCUT2D eigenvalue weighted by atomic mass is 19.1. The van der Waals surface area contributed by atoms with Crippen LogP contribution in [-0.4, -0.2) is 17.7 Å². The summed E-state index contributed by atoms with van der Waals surface area (Å²) in [7, 11) is 0. The highest BCUT2D eigenvalue weighted by Gasteiger charge is 2.14. The van der Waals surface area contributed by atoms with Crippen molar-refractivity contribution in [1.29, 1.82) is 0 Å². The number of pyridine rings is 1. The number of nitrogens with zero attached hydrogens (tertiary/aromatic N) is 1. The zero-order valence-corrected chi connectivity index (χ0v) is 12.4. The monoisotopic (exact) mass is 322 g/mol. The molecule has 0 atom stereocenters. The van der Waals surface area contributed by atoms with E-state index in [9.17, 15) is 13.6 Å². The van der Waals surface area contributed by atoms with Crippen molar-refractivity contribution in [3.8, 4) is 0 Å². The van der Waals surface area contributed by atoms with Crippen LogP contribution in [0, 0.1) is 11.6 Å². The first-order chi connectivity index (χ1) is 11.0. The van der Waals surface area contributed by atoms with E-state index in [1.165, 1.54) is 12.1 Å². The van der Waals surface area contributed by atoms with Gasteiger partial charge in [-0.1, -0.05) is 12.1 Å². The van der Waals surface area contributed by atoms with Crippen LogP contribution in [0.2, 0.25) is 0 Å². The van der Waals surface area contributed by atoms with Crippen LogP contribution < -0.4 is 16.4 Å². The molecule has 0 aliphatic heterocycles. The molecule has 0 aliphatic rings. The molecule has 0 spiro atoms. The van der Waals surface area contributed by atoms with Gasteiger partial charge in [0.15, 0.2) is 11.6 Å². The van der Waals surface area contributed by atoms with E-state index in [1.807, 2.05) is 0 Å². The Morgan fingerprint density at radius 1 is 1.30 bits per heavy atom. The lowest BCUT2D eigenvalue weighted by Gasteiger charge is -2.11. The smallest absolute Gasteiger partial charge is 0.411 e. The Morgan fingerprint density at radius 2 is 2.00 bits per heavy atom. The summed E-state index contributed by atoms with van der Waals surface area (Å²) in [6.45, 7) is 2.09. The molecule has 1 amide bonds. The first-order valence-corrected chi connectivity index (χ1v) is 6.87. The van der Waals surface area contributed by atoms with Crippen molar-refractivity contribution in [3.63, 3.8) is 0 Å². The number of nitrogens with two attached hydrogens (primary N) is 1. The van der Waals surface area contributed by atoms with Crippen molar-refractivity contribution in [2.75, 3.05) is 23.0 Å². The molecule has 0 bridgehead atoms. The molecule has 4 N–H and O–H groups in total. The van der Waals surface area contributed by atoms with Gasteiger partial charge in [-0.3, -0.25) is 5.32 Å². The highest BCUT2D eigenvalue weighted by molar-refractivity contribution is 5.88. The van der Waals surface area contributed by atoms with E-state index in [0.717, 1.165) is 11.6 Å². The molecule has 0 fully saturated rings. The minimum Gasteiger partial charge on any atom is -0.450 e. The zero-order chi connectivity index (χ0) is 16.8. The average Bonchev–Trinajstić information content (AvgIpc) is 2.51. The molecule has 2 rings (SSSR count). The molecule has 23 heavy (non-hydrogen) atoms. The fraction of sp³-hybridized carbons (Fsp3) is 0.200. The molecule has 0 saturated carbocycles. The van der Waals surface area contributed by atoms with E-state index in [1.54, 1.807) is 19.1 Å². The van der Waals surface area contributed by atoms with Crippen LogP contribution in [0.25, 0.3) is 0 Å². The predicted molar refractivity (Wildman–Crippen MR) is 83.0 cm³/mol. The summed E-state index contributed by atoms with van der Waals surface area (Å²) in [5.41, 5.74) is 6.20. The minimum absolute atomic E-state index is 0.151.